The number of rotatable bonds is 7. The van der Waals surface area contributed by atoms with Crippen molar-refractivity contribution < 1.29 is 19.7 Å². The molecule has 0 spiro atoms. The summed E-state index contributed by atoms with van der Waals surface area (Å²) in [7, 11) is 3.63. The molecule has 2 aromatic carbocycles. The highest BCUT2D eigenvalue weighted by Gasteiger charge is 2.42. The largest absolute Gasteiger partial charge is 0.497 e. The Morgan fingerprint density at radius 1 is 1.25 bits per heavy atom. The van der Waals surface area contributed by atoms with Crippen molar-refractivity contribution >= 4 is 22.6 Å². The van der Waals surface area contributed by atoms with Crippen molar-refractivity contribution in [3.63, 3.8) is 0 Å². The van der Waals surface area contributed by atoms with Crippen LogP contribution < -0.4 is 15.4 Å². The summed E-state index contributed by atoms with van der Waals surface area (Å²) in [6, 6.07) is 13.5. The maximum absolute atomic E-state index is 12.6. The zero-order valence-electron chi connectivity index (χ0n) is 20.8. The van der Waals surface area contributed by atoms with Crippen LogP contribution in [0.2, 0.25) is 0 Å². The van der Waals surface area contributed by atoms with Crippen molar-refractivity contribution in [1.29, 1.82) is 0 Å². The molecule has 2 aliphatic heterocycles. The number of carbonyl (C=O) groups is 1. The lowest BCUT2D eigenvalue weighted by atomic mass is 9.74. The molecule has 1 aromatic heterocycles. The van der Waals surface area contributed by atoms with Crippen molar-refractivity contribution in [2.24, 2.45) is 11.8 Å². The van der Waals surface area contributed by atoms with E-state index in [2.05, 4.69) is 38.7 Å². The van der Waals surface area contributed by atoms with Gasteiger partial charge in [-0.2, -0.15) is 0 Å². The Balaban J connectivity index is 1.37. The first-order valence-corrected chi connectivity index (χ1v) is 12.6. The van der Waals surface area contributed by atoms with E-state index in [0.717, 1.165) is 59.5 Å². The standard InChI is InChI=1S/C28H34N4O4/c1-32-12-10-17(4-8-25(33)21-9-11-30-24-7-5-20(36-2)14-22(21)24)26(28(34)35)27(32)18-3-6-23-19(13-18)15-29-16-31-23/h3,5-7,9,11,13-14,17,25-27,29,31,33H,4,8,10,12,15-16H2,1-2H3,(H,34,35). The molecule has 1 fully saturated rings. The van der Waals surface area contributed by atoms with E-state index in [0.29, 0.717) is 18.6 Å². The van der Waals surface area contributed by atoms with E-state index in [1.807, 2.05) is 31.3 Å². The number of aliphatic carboxylic acids is 1. The summed E-state index contributed by atoms with van der Waals surface area (Å²) < 4.78 is 5.36. The van der Waals surface area contributed by atoms with Crippen LogP contribution in [-0.2, 0) is 11.3 Å². The van der Waals surface area contributed by atoms with Crippen molar-refractivity contribution in [1.82, 2.24) is 15.2 Å². The third kappa shape index (κ3) is 4.76. The molecule has 0 aliphatic carbocycles. The van der Waals surface area contributed by atoms with Crippen LogP contribution in [0.4, 0.5) is 5.69 Å². The average molecular weight is 491 g/mol. The summed E-state index contributed by atoms with van der Waals surface area (Å²) in [5.41, 5.74) is 4.89. The molecule has 3 aromatic rings. The van der Waals surface area contributed by atoms with Gasteiger partial charge in [0.1, 0.15) is 5.75 Å². The van der Waals surface area contributed by atoms with Crippen LogP contribution in [0.1, 0.15) is 48.1 Å². The maximum Gasteiger partial charge on any atom is 0.308 e. The number of anilines is 1. The van der Waals surface area contributed by atoms with Gasteiger partial charge in [-0.25, -0.2) is 0 Å². The number of nitrogens with zero attached hydrogens (tertiary/aromatic N) is 2. The molecular formula is C28H34N4O4. The Bertz CT molecular complexity index is 1250. The Kier molecular flexibility index (Phi) is 7.09. The van der Waals surface area contributed by atoms with Crippen LogP contribution in [0, 0.1) is 11.8 Å². The van der Waals surface area contributed by atoms with E-state index in [1.54, 1.807) is 13.3 Å². The van der Waals surface area contributed by atoms with Crippen LogP contribution >= 0.6 is 0 Å². The van der Waals surface area contributed by atoms with E-state index >= 15 is 0 Å². The molecule has 3 heterocycles. The zero-order chi connectivity index (χ0) is 25.2. The number of aliphatic hydroxyl groups excluding tert-OH is 1. The van der Waals surface area contributed by atoms with Crippen molar-refractivity contribution in [2.45, 2.75) is 38.0 Å². The van der Waals surface area contributed by atoms with E-state index in [-0.39, 0.29) is 12.0 Å². The molecule has 0 amide bonds. The number of piperidine rings is 1. The lowest BCUT2D eigenvalue weighted by Crippen LogP contribution is -2.45. The van der Waals surface area contributed by atoms with E-state index in [9.17, 15) is 15.0 Å². The number of fused-ring (bicyclic) bond motifs is 2. The summed E-state index contributed by atoms with van der Waals surface area (Å²) in [5, 5.41) is 29.0. The Morgan fingerprint density at radius 2 is 2.11 bits per heavy atom. The first kappa shape index (κ1) is 24.5. The fourth-order valence-electron chi connectivity index (χ4n) is 5.91. The number of aliphatic hydroxyl groups is 1. The molecule has 5 rings (SSSR count). The molecule has 2 aliphatic rings. The Hall–Kier alpha value is -3.20. The molecule has 0 radical (unpaired) electrons. The highest BCUT2D eigenvalue weighted by atomic mass is 16.5. The second-order valence-electron chi connectivity index (χ2n) is 9.91. The van der Waals surface area contributed by atoms with E-state index in [4.69, 9.17) is 4.74 Å². The Morgan fingerprint density at radius 3 is 2.92 bits per heavy atom. The van der Waals surface area contributed by atoms with Gasteiger partial charge >= 0.3 is 5.97 Å². The summed E-state index contributed by atoms with van der Waals surface area (Å²) in [4.78, 5) is 19.2. The topological polar surface area (TPSA) is 107 Å². The molecule has 1 saturated heterocycles. The number of hydrogen-bond donors (Lipinski definition) is 4. The zero-order valence-corrected chi connectivity index (χ0v) is 20.8. The van der Waals surface area contributed by atoms with Gasteiger partial charge < -0.3 is 20.3 Å². The summed E-state index contributed by atoms with van der Waals surface area (Å²) in [6.07, 6.45) is 2.90. The normalized spacial score (nSPS) is 23.0. The molecule has 0 bridgehead atoms. The molecule has 36 heavy (non-hydrogen) atoms. The van der Waals surface area contributed by atoms with Gasteiger partial charge in [0.05, 0.1) is 31.3 Å². The van der Waals surface area contributed by atoms with Crippen molar-refractivity contribution in [2.75, 3.05) is 32.7 Å². The number of carboxylic acids is 1. The number of likely N-dealkylation sites (tertiary alicyclic amines) is 1. The Labute approximate surface area is 211 Å². The van der Waals surface area contributed by atoms with Gasteiger partial charge in [0, 0.05) is 29.9 Å². The predicted molar refractivity (Wildman–Crippen MR) is 139 cm³/mol. The fourth-order valence-corrected chi connectivity index (χ4v) is 5.91. The molecule has 190 valence electrons. The molecule has 4 atom stereocenters. The first-order valence-electron chi connectivity index (χ1n) is 12.6. The lowest BCUT2D eigenvalue weighted by molar-refractivity contribution is -0.149. The molecule has 4 N–H and O–H groups in total. The first-order chi connectivity index (χ1) is 17.5. The van der Waals surface area contributed by atoms with Crippen molar-refractivity contribution in [3.05, 3.63) is 65.4 Å². The second kappa shape index (κ2) is 10.4. The summed E-state index contributed by atoms with van der Waals surface area (Å²) in [6.45, 7) is 2.32. The SMILES string of the molecule is COc1ccc2nccc(C(O)CCC3CCN(C)C(c4ccc5c(c4)CNCN5)C3C(=O)O)c2c1. The molecule has 0 saturated carbocycles. The number of carboxylic acid groups (broad SMARTS) is 1. The van der Waals surface area contributed by atoms with Crippen LogP contribution in [0.5, 0.6) is 5.75 Å². The summed E-state index contributed by atoms with van der Waals surface area (Å²) in [5.74, 6) is -0.649. The van der Waals surface area contributed by atoms with Gasteiger partial charge in [0.25, 0.3) is 0 Å². The monoisotopic (exact) mass is 490 g/mol. The smallest absolute Gasteiger partial charge is 0.308 e. The van der Waals surface area contributed by atoms with Gasteiger partial charge in [-0.1, -0.05) is 12.1 Å². The number of methoxy groups -OCH3 is 1. The van der Waals surface area contributed by atoms with Crippen molar-refractivity contribution in [3.8, 4) is 5.75 Å². The molecule has 4 unspecified atom stereocenters. The third-order valence-electron chi connectivity index (χ3n) is 7.80. The van der Waals surface area contributed by atoms with Gasteiger partial charge in [-0.15, -0.1) is 0 Å². The lowest BCUT2D eigenvalue weighted by Gasteiger charge is -2.43. The number of pyridine rings is 1. The third-order valence-corrected chi connectivity index (χ3v) is 7.80. The number of benzene rings is 2. The fraction of sp³-hybridized carbons (Fsp3) is 0.429. The van der Waals surface area contributed by atoms with Gasteiger partial charge in [0.2, 0.25) is 0 Å². The number of hydrogen-bond acceptors (Lipinski definition) is 7. The highest BCUT2D eigenvalue weighted by molar-refractivity contribution is 5.83. The number of ether oxygens (including phenoxy) is 1. The second-order valence-corrected chi connectivity index (χ2v) is 9.91. The van der Waals surface area contributed by atoms with Crippen LogP contribution in [-0.4, -0.2) is 53.4 Å². The van der Waals surface area contributed by atoms with E-state index in [1.165, 1.54) is 0 Å². The van der Waals surface area contributed by atoms with Crippen LogP contribution in [0.3, 0.4) is 0 Å². The number of aromatic nitrogens is 1. The maximum atomic E-state index is 12.6. The van der Waals surface area contributed by atoms with Crippen LogP contribution in [0.25, 0.3) is 10.9 Å². The summed E-state index contributed by atoms with van der Waals surface area (Å²) >= 11 is 0. The minimum absolute atomic E-state index is 0.0340. The molecule has 8 nitrogen and oxygen atoms in total. The van der Waals surface area contributed by atoms with Gasteiger partial charge in [0.15, 0.2) is 0 Å². The average Bonchev–Trinajstić information content (AvgIpc) is 2.90. The van der Waals surface area contributed by atoms with Gasteiger partial charge in [-0.3, -0.25) is 20.0 Å². The minimum Gasteiger partial charge on any atom is -0.497 e. The molecular weight excluding hydrogens is 456 g/mol. The highest BCUT2D eigenvalue weighted by Crippen LogP contribution is 2.43. The van der Waals surface area contributed by atoms with Gasteiger partial charge in [-0.05, 0) is 85.8 Å². The predicted octanol–water partition coefficient (Wildman–Crippen LogP) is 3.92. The van der Waals surface area contributed by atoms with E-state index < -0.39 is 18.0 Å². The molecule has 8 heteroatoms. The number of nitrogens with one attached hydrogen (secondary N) is 2. The minimum atomic E-state index is -0.779. The quantitative estimate of drug-likeness (QED) is 0.395. The van der Waals surface area contributed by atoms with Crippen LogP contribution in [0.15, 0.2) is 48.7 Å².